The van der Waals surface area contributed by atoms with E-state index in [9.17, 15) is 9.90 Å². The maximum atomic E-state index is 11.7. The summed E-state index contributed by atoms with van der Waals surface area (Å²) in [7, 11) is 0. The number of thiazole rings is 1. The Balaban J connectivity index is 1.70. The molecule has 2 rings (SSSR count). The van der Waals surface area contributed by atoms with E-state index < -0.39 is 6.10 Å². The Morgan fingerprint density at radius 2 is 2.30 bits per heavy atom. The second kappa shape index (κ2) is 8.45. The number of ether oxygens (including phenoxy) is 1. The van der Waals surface area contributed by atoms with E-state index in [0.717, 1.165) is 16.3 Å². The van der Waals surface area contributed by atoms with Gasteiger partial charge in [0.25, 0.3) is 0 Å². The summed E-state index contributed by atoms with van der Waals surface area (Å²) < 4.78 is 5.49. The Kier molecular flexibility index (Phi) is 6.31. The first-order valence-electron chi connectivity index (χ1n) is 7.28. The fourth-order valence-electron chi connectivity index (χ4n) is 1.85. The smallest absolute Gasteiger partial charge is 0.244 e. The molecule has 23 heavy (non-hydrogen) atoms. The number of aliphatic hydroxyl groups excluding tert-OH is 1. The molecule has 0 radical (unpaired) electrons. The van der Waals surface area contributed by atoms with Gasteiger partial charge in [0.1, 0.15) is 18.5 Å². The Morgan fingerprint density at radius 1 is 1.48 bits per heavy atom. The lowest BCUT2D eigenvalue weighted by Crippen LogP contribution is -2.34. The minimum absolute atomic E-state index is 0.124. The zero-order chi connectivity index (χ0) is 16.7. The van der Waals surface area contributed by atoms with Crippen LogP contribution in [-0.4, -0.2) is 35.3 Å². The molecule has 1 aromatic carbocycles. The van der Waals surface area contributed by atoms with Crippen LogP contribution in [0.5, 0.6) is 5.75 Å². The third-order valence-electron chi connectivity index (χ3n) is 2.99. The highest BCUT2D eigenvalue weighted by atomic mass is 32.1. The highest BCUT2D eigenvalue weighted by molar-refractivity contribution is 7.09. The number of carbonyl (C=O) groups excluding carboxylic acids is 1. The van der Waals surface area contributed by atoms with Crippen molar-refractivity contribution in [2.75, 3.05) is 13.2 Å². The molecule has 2 N–H and O–H groups in total. The molecule has 1 heterocycles. The van der Waals surface area contributed by atoms with Crippen LogP contribution in [0.25, 0.3) is 6.08 Å². The molecule has 6 heteroatoms. The van der Waals surface area contributed by atoms with Gasteiger partial charge >= 0.3 is 0 Å². The quantitative estimate of drug-likeness (QED) is 0.764. The van der Waals surface area contributed by atoms with Crippen LogP contribution in [0.3, 0.4) is 0 Å². The first kappa shape index (κ1) is 17.2. The summed E-state index contributed by atoms with van der Waals surface area (Å²) in [5, 5.41) is 15.3. The molecular formula is C17H20N2O3S. The SMILES string of the molecule is Cc1cccc(OCC(O)CNC(=O)/C=C/c2csc(C)n2)c1. The molecule has 0 aliphatic carbocycles. The number of aliphatic hydroxyl groups is 1. The van der Waals surface area contributed by atoms with Crippen molar-refractivity contribution in [3.8, 4) is 5.75 Å². The fraction of sp³-hybridized carbons (Fsp3) is 0.294. The molecule has 0 spiro atoms. The summed E-state index contributed by atoms with van der Waals surface area (Å²) in [4.78, 5) is 15.9. The first-order chi connectivity index (χ1) is 11.0. The van der Waals surface area contributed by atoms with Gasteiger partial charge in [-0.2, -0.15) is 0 Å². The molecule has 2 aromatic rings. The summed E-state index contributed by atoms with van der Waals surface area (Å²) >= 11 is 1.53. The van der Waals surface area contributed by atoms with E-state index in [4.69, 9.17) is 4.74 Å². The summed E-state index contributed by atoms with van der Waals surface area (Å²) in [5.74, 6) is 0.430. The largest absolute Gasteiger partial charge is 0.491 e. The molecule has 0 bridgehead atoms. The minimum atomic E-state index is -0.769. The molecule has 5 nitrogen and oxygen atoms in total. The summed E-state index contributed by atoms with van der Waals surface area (Å²) in [6.45, 7) is 4.14. The monoisotopic (exact) mass is 332 g/mol. The van der Waals surface area contributed by atoms with Crippen LogP contribution in [0.4, 0.5) is 0 Å². The third-order valence-corrected chi connectivity index (χ3v) is 3.78. The number of aryl methyl sites for hydroxylation is 2. The lowest BCUT2D eigenvalue weighted by atomic mass is 10.2. The van der Waals surface area contributed by atoms with Crippen LogP contribution in [-0.2, 0) is 4.79 Å². The molecule has 1 unspecified atom stereocenters. The van der Waals surface area contributed by atoms with E-state index >= 15 is 0 Å². The number of hydrogen-bond donors (Lipinski definition) is 2. The first-order valence-corrected chi connectivity index (χ1v) is 8.16. The lowest BCUT2D eigenvalue weighted by Gasteiger charge is -2.12. The number of hydrogen-bond acceptors (Lipinski definition) is 5. The molecule has 1 atom stereocenters. The maximum Gasteiger partial charge on any atom is 0.244 e. The van der Waals surface area contributed by atoms with Gasteiger partial charge < -0.3 is 15.2 Å². The van der Waals surface area contributed by atoms with Crippen LogP contribution in [0.15, 0.2) is 35.7 Å². The van der Waals surface area contributed by atoms with Crippen molar-refractivity contribution in [1.29, 1.82) is 0 Å². The summed E-state index contributed by atoms with van der Waals surface area (Å²) in [6.07, 6.45) is 2.28. The summed E-state index contributed by atoms with van der Waals surface area (Å²) in [5.41, 5.74) is 1.85. The Morgan fingerprint density at radius 3 is 3.00 bits per heavy atom. The zero-order valence-corrected chi connectivity index (χ0v) is 14.0. The van der Waals surface area contributed by atoms with Gasteiger partial charge in [0.05, 0.1) is 10.7 Å². The average molecular weight is 332 g/mol. The molecule has 0 aliphatic rings. The van der Waals surface area contributed by atoms with Gasteiger partial charge in [0, 0.05) is 18.0 Å². The number of benzene rings is 1. The Hall–Kier alpha value is -2.18. The second-order valence-electron chi connectivity index (χ2n) is 5.15. The van der Waals surface area contributed by atoms with E-state index in [1.165, 1.54) is 17.4 Å². The zero-order valence-electron chi connectivity index (χ0n) is 13.2. The molecule has 1 amide bonds. The van der Waals surface area contributed by atoms with Crippen molar-refractivity contribution in [1.82, 2.24) is 10.3 Å². The van der Waals surface area contributed by atoms with Gasteiger partial charge in [-0.3, -0.25) is 4.79 Å². The fourth-order valence-corrected chi connectivity index (χ4v) is 2.43. The van der Waals surface area contributed by atoms with Crippen molar-refractivity contribution in [2.45, 2.75) is 20.0 Å². The number of amides is 1. The van der Waals surface area contributed by atoms with Gasteiger partial charge in [-0.05, 0) is 37.6 Å². The van der Waals surface area contributed by atoms with Gasteiger partial charge in [0.15, 0.2) is 0 Å². The highest BCUT2D eigenvalue weighted by Gasteiger charge is 2.07. The molecule has 0 saturated heterocycles. The normalized spacial score (nSPS) is 12.3. The van der Waals surface area contributed by atoms with E-state index in [0.29, 0.717) is 5.75 Å². The number of nitrogens with one attached hydrogen (secondary N) is 1. The molecule has 1 aromatic heterocycles. The van der Waals surface area contributed by atoms with Crippen LogP contribution in [0, 0.1) is 13.8 Å². The summed E-state index contributed by atoms with van der Waals surface area (Å²) in [6, 6.07) is 7.59. The lowest BCUT2D eigenvalue weighted by molar-refractivity contribution is -0.117. The number of aromatic nitrogens is 1. The van der Waals surface area contributed by atoms with Crippen molar-refractivity contribution >= 4 is 23.3 Å². The Bertz CT molecular complexity index is 682. The van der Waals surface area contributed by atoms with Crippen molar-refractivity contribution in [3.05, 3.63) is 52.0 Å². The topological polar surface area (TPSA) is 71.5 Å². The van der Waals surface area contributed by atoms with Crippen LogP contribution < -0.4 is 10.1 Å². The van der Waals surface area contributed by atoms with E-state index in [2.05, 4.69) is 10.3 Å². The molecule has 0 saturated carbocycles. The predicted molar refractivity (Wildman–Crippen MR) is 91.6 cm³/mol. The van der Waals surface area contributed by atoms with Crippen molar-refractivity contribution in [3.63, 3.8) is 0 Å². The molecular weight excluding hydrogens is 312 g/mol. The third kappa shape index (κ3) is 6.22. The number of carbonyl (C=O) groups is 1. The van der Waals surface area contributed by atoms with Crippen LogP contribution in [0.1, 0.15) is 16.3 Å². The predicted octanol–water partition coefficient (Wildman–Crippen LogP) is 2.33. The van der Waals surface area contributed by atoms with Gasteiger partial charge in [-0.15, -0.1) is 11.3 Å². The minimum Gasteiger partial charge on any atom is -0.491 e. The second-order valence-corrected chi connectivity index (χ2v) is 6.21. The van der Waals surface area contributed by atoms with Crippen molar-refractivity contribution < 1.29 is 14.6 Å². The molecule has 0 aliphatic heterocycles. The standard InChI is InChI=1S/C17H20N2O3S/c1-12-4-3-5-16(8-12)22-10-15(20)9-18-17(21)7-6-14-11-23-13(2)19-14/h3-8,11,15,20H,9-10H2,1-2H3,(H,18,21)/b7-6+. The van der Waals surface area contributed by atoms with Gasteiger partial charge in [-0.25, -0.2) is 4.98 Å². The van der Waals surface area contributed by atoms with E-state index in [1.54, 1.807) is 6.08 Å². The van der Waals surface area contributed by atoms with Crippen LogP contribution in [0.2, 0.25) is 0 Å². The van der Waals surface area contributed by atoms with Crippen LogP contribution >= 0.6 is 11.3 Å². The highest BCUT2D eigenvalue weighted by Crippen LogP contribution is 2.12. The number of rotatable bonds is 7. The molecule has 0 fully saturated rings. The van der Waals surface area contributed by atoms with Gasteiger partial charge in [-0.1, -0.05) is 12.1 Å². The number of nitrogens with zero attached hydrogens (tertiary/aromatic N) is 1. The average Bonchev–Trinajstić information content (AvgIpc) is 2.94. The van der Waals surface area contributed by atoms with E-state index in [-0.39, 0.29) is 19.1 Å². The van der Waals surface area contributed by atoms with Gasteiger partial charge in [0.2, 0.25) is 5.91 Å². The maximum absolute atomic E-state index is 11.7. The van der Waals surface area contributed by atoms with Crippen molar-refractivity contribution in [2.24, 2.45) is 0 Å². The molecule has 122 valence electrons. The Labute approximate surface area is 139 Å². The van der Waals surface area contributed by atoms with E-state index in [1.807, 2.05) is 43.5 Å².